The molecule has 7 aromatic carbocycles. The first-order chi connectivity index (χ1) is 50.0. The van der Waals surface area contributed by atoms with Crippen molar-refractivity contribution in [2.24, 2.45) is 0 Å². The molecule has 10 rings (SSSR count). The van der Waals surface area contributed by atoms with Crippen LogP contribution in [0.1, 0.15) is 223 Å². The summed E-state index contributed by atoms with van der Waals surface area (Å²) in [4.78, 5) is 69.5. The Morgan fingerprint density at radius 3 is 1.21 bits per heavy atom. The summed E-state index contributed by atoms with van der Waals surface area (Å²) in [6, 6.07) is 56.8. The fourth-order valence-corrected chi connectivity index (χ4v) is 10.9. The second kappa shape index (κ2) is 44.8. The van der Waals surface area contributed by atoms with Crippen LogP contribution in [-0.2, 0) is 30.5 Å². The molecule has 0 aliphatic carbocycles. The van der Waals surface area contributed by atoms with Gasteiger partial charge in [-0.05, 0) is 182 Å². The SMILES string of the molecule is CC(C)c1ccc(Cl)cc1.CCC1=C(C)CN(C(=O)NCCc2ccc(C)cc2)C1=O.COc1ccc(Cl)cc1C(=O)NCCc1ccc(C(C)C)cc1.Cc1cc(C(=O)NCCc2ccc(C(C)C)cc2)no1.Cc1ccc(C(C)C)cc1.Cc1cnc(C(=O)NCCc2ccc(C(C)C)cc2)cn1. The minimum atomic E-state index is -0.296. The van der Waals surface area contributed by atoms with Crippen molar-refractivity contribution >= 4 is 52.9 Å². The van der Waals surface area contributed by atoms with E-state index < -0.39 is 0 Å². The number of amides is 6. The molecule has 0 radical (unpaired) electrons. The van der Waals surface area contributed by atoms with Crippen molar-refractivity contribution in [2.45, 2.75) is 172 Å². The Bertz CT molecular complexity index is 4100. The minimum Gasteiger partial charge on any atom is -0.496 e. The first-order valence-electron chi connectivity index (χ1n) is 36.4. The van der Waals surface area contributed by atoms with Gasteiger partial charge in [0.2, 0.25) is 0 Å². The molecule has 105 heavy (non-hydrogen) atoms. The average Bonchev–Trinajstić information content (AvgIpc) is 1.69. The van der Waals surface area contributed by atoms with Crippen molar-refractivity contribution in [1.29, 1.82) is 0 Å². The molecule has 15 nitrogen and oxygen atoms in total. The van der Waals surface area contributed by atoms with E-state index in [1.807, 2.05) is 39.8 Å². The summed E-state index contributed by atoms with van der Waals surface area (Å²) >= 11 is 11.7. The maximum absolute atomic E-state index is 12.3. The number of halogens is 2. The molecule has 1 aliphatic heterocycles. The lowest BCUT2D eigenvalue weighted by atomic mass is 10.0. The van der Waals surface area contributed by atoms with E-state index in [4.69, 9.17) is 32.5 Å². The first-order valence-corrected chi connectivity index (χ1v) is 37.1. The third kappa shape index (κ3) is 30.5. The number of nitrogens with one attached hydrogen (secondary N) is 4. The number of carbonyl (C=O) groups is 5. The number of hydrogen-bond donors (Lipinski definition) is 4. The predicted octanol–water partition coefficient (Wildman–Crippen LogP) is 19.8. The highest BCUT2D eigenvalue weighted by Gasteiger charge is 2.31. The van der Waals surface area contributed by atoms with Gasteiger partial charge < -0.3 is 30.5 Å². The molecule has 3 heterocycles. The van der Waals surface area contributed by atoms with Crippen molar-refractivity contribution in [1.82, 2.24) is 41.3 Å². The summed E-state index contributed by atoms with van der Waals surface area (Å²) in [5, 5.41) is 16.4. The van der Waals surface area contributed by atoms with Crippen LogP contribution >= 0.6 is 23.2 Å². The van der Waals surface area contributed by atoms with E-state index >= 15 is 0 Å². The molecule has 6 amide bonds. The van der Waals surface area contributed by atoms with Gasteiger partial charge in [0.15, 0.2) is 5.69 Å². The maximum atomic E-state index is 12.3. The van der Waals surface area contributed by atoms with Crippen molar-refractivity contribution in [2.75, 3.05) is 39.8 Å². The van der Waals surface area contributed by atoms with Crippen LogP contribution in [0.3, 0.4) is 0 Å². The summed E-state index contributed by atoms with van der Waals surface area (Å²) in [5.41, 5.74) is 17.8. The zero-order valence-corrected chi connectivity index (χ0v) is 66.2. The Balaban J connectivity index is 0.000000231. The lowest BCUT2D eigenvalue weighted by Gasteiger charge is -2.15. The third-order valence-corrected chi connectivity index (χ3v) is 17.9. The number of nitrogens with zero attached hydrogens (tertiary/aromatic N) is 4. The number of aromatic nitrogens is 3. The molecular formula is C88H110Cl2N8O7. The minimum absolute atomic E-state index is 0.150. The largest absolute Gasteiger partial charge is 0.496 e. The number of benzene rings is 7. The molecule has 0 bridgehead atoms. The smallest absolute Gasteiger partial charge is 0.324 e. The van der Waals surface area contributed by atoms with Crippen LogP contribution in [0.4, 0.5) is 4.79 Å². The van der Waals surface area contributed by atoms with Gasteiger partial charge in [0.25, 0.3) is 23.6 Å². The topological polar surface area (TPSA) is 198 Å². The molecule has 1 aliphatic rings. The molecule has 0 atom stereocenters. The van der Waals surface area contributed by atoms with Gasteiger partial charge in [-0.3, -0.25) is 29.1 Å². The predicted molar refractivity (Wildman–Crippen MR) is 430 cm³/mol. The van der Waals surface area contributed by atoms with Gasteiger partial charge in [0, 0.05) is 54.1 Å². The van der Waals surface area contributed by atoms with E-state index in [2.05, 4.69) is 246 Å². The summed E-state index contributed by atoms with van der Waals surface area (Å²) in [5.74, 6) is 3.32. The fraction of sp³-hybridized carbons (Fsp3) is 0.364. The van der Waals surface area contributed by atoms with Crippen LogP contribution in [0, 0.1) is 27.7 Å². The number of carbonyl (C=O) groups excluding carboxylic acids is 5. The quantitative estimate of drug-likeness (QED) is 0.0506. The molecule has 0 fully saturated rings. The number of hydrogen-bond acceptors (Lipinski definition) is 10. The van der Waals surface area contributed by atoms with Gasteiger partial charge in [-0.15, -0.1) is 0 Å². The number of methoxy groups -OCH3 is 1. The first kappa shape index (κ1) is 85.9. The number of urea groups is 1. The Morgan fingerprint density at radius 1 is 0.467 bits per heavy atom. The number of rotatable bonds is 22. The molecular weight excluding hydrogens is 1350 g/mol. The zero-order chi connectivity index (χ0) is 77.1. The van der Waals surface area contributed by atoms with Crippen LogP contribution in [-0.4, -0.2) is 89.5 Å². The van der Waals surface area contributed by atoms with E-state index in [1.54, 1.807) is 37.4 Å². The highest BCUT2D eigenvalue weighted by atomic mass is 35.5. The van der Waals surface area contributed by atoms with Crippen molar-refractivity contribution in [3.8, 4) is 5.75 Å². The summed E-state index contributed by atoms with van der Waals surface area (Å²) in [6.45, 7) is 36.1. The maximum Gasteiger partial charge on any atom is 0.324 e. The lowest BCUT2D eigenvalue weighted by Crippen LogP contribution is -2.42. The van der Waals surface area contributed by atoms with Crippen LogP contribution in [0.2, 0.25) is 10.0 Å². The van der Waals surface area contributed by atoms with Crippen molar-refractivity contribution < 1.29 is 33.2 Å². The highest BCUT2D eigenvalue weighted by molar-refractivity contribution is 6.31. The normalized spacial score (nSPS) is 11.5. The van der Waals surface area contributed by atoms with Gasteiger partial charge in [-0.1, -0.05) is 249 Å². The van der Waals surface area contributed by atoms with Crippen LogP contribution in [0.15, 0.2) is 198 Å². The second-order valence-electron chi connectivity index (χ2n) is 27.7. The molecule has 0 saturated carbocycles. The molecule has 2 aromatic heterocycles. The average molecular weight is 1460 g/mol. The molecule has 558 valence electrons. The van der Waals surface area contributed by atoms with Gasteiger partial charge in [-0.2, -0.15) is 0 Å². The van der Waals surface area contributed by atoms with Gasteiger partial charge >= 0.3 is 6.03 Å². The van der Waals surface area contributed by atoms with E-state index in [0.29, 0.717) is 102 Å². The van der Waals surface area contributed by atoms with E-state index in [1.165, 1.54) is 79.4 Å². The monoisotopic (exact) mass is 1460 g/mol. The molecule has 0 saturated heterocycles. The highest BCUT2D eigenvalue weighted by Crippen LogP contribution is 2.25. The van der Waals surface area contributed by atoms with Crippen LogP contribution in [0.5, 0.6) is 5.75 Å². The van der Waals surface area contributed by atoms with E-state index in [9.17, 15) is 24.0 Å². The standard InChI is InChI=1S/C19H22ClNO2.C17H21N3O.C17H22N2O2.C16H20N2O2.C10H14.C9H11Cl/c1-13(2)15-6-4-14(5-7-15)10-11-21-19(22)17-12-16(20)8-9-18(17)23-3;1-12(2)15-6-4-14(5-7-15)8-9-18-17(21)16-11-19-13(3)10-20-16;1-4-15-13(3)11-19(16(15)20)17(21)18-10-9-14-7-5-12(2)6-8-14;1-11(2)14-6-4-13(5-7-14)8-9-17-16(19)15-10-12(3)20-18-15;1-8(2)10-6-4-9(3)5-7-10;1-7(2)8-3-5-9(10)6-4-8/h4-9,12-13H,10-11H2,1-3H3,(H,21,22);4-7,10-12H,8-9H2,1-3H3,(H,18,21);5-8H,4,9-11H2,1-3H3,(H,18,21);4-7,10-11H,8-9H2,1-3H3,(H,17,19);4-8H,1-3H3;3-7H,1-2H3. The number of imide groups is 1. The van der Waals surface area contributed by atoms with Crippen molar-refractivity contribution in [3.05, 3.63) is 293 Å². The Labute approximate surface area is 634 Å². The lowest BCUT2D eigenvalue weighted by molar-refractivity contribution is -0.123. The zero-order valence-electron chi connectivity index (χ0n) is 64.7. The van der Waals surface area contributed by atoms with Crippen LogP contribution in [0.25, 0.3) is 0 Å². The number of aryl methyl sites for hydroxylation is 4. The second-order valence-corrected chi connectivity index (χ2v) is 28.5. The Kier molecular flexibility index (Phi) is 36.7. The Hall–Kier alpha value is -9.70. The molecule has 9 aromatic rings. The molecule has 0 spiro atoms. The van der Waals surface area contributed by atoms with Gasteiger partial charge in [0.05, 0.1) is 31.1 Å². The van der Waals surface area contributed by atoms with Gasteiger partial charge in [0.1, 0.15) is 17.2 Å². The summed E-state index contributed by atoms with van der Waals surface area (Å²) < 4.78 is 10.1. The molecule has 17 heteroatoms. The van der Waals surface area contributed by atoms with Crippen molar-refractivity contribution in [3.63, 3.8) is 0 Å². The third-order valence-electron chi connectivity index (χ3n) is 17.4. The summed E-state index contributed by atoms with van der Waals surface area (Å²) in [7, 11) is 1.54. The van der Waals surface area contributed by atoms with E-state index in [0.717, 1.165) is 47.5 Å². The van der Waals surface area contributed by atoms with Crippen LogP contribution < -0.4 is 26.0 Å². The fourth-order valence-electron chi connectivity index (χ4n) is 10.6. The van der Waals surface area contributed by atoms with Gasteiger partial charge in [-0.25, -0.2) is 9.78 Å². The molecule has 4 N–H and O–H groups in total. The molecule has 0 unspecified atom stereocenters. The summed E-state index contributed by atoms with van der Waals surface area (Å²) in [6.07, 6.45) is 6.94. The number of ether oxygens (including phenoxy) is 1. The van der Waals surface area contributed by atoms with E-state index in [-0.39, 0.29) is 29.7 Å². The Morgan fingerprint density at radius 2 is 0.838 bits per heavy atom.